The van der Waals surface area contributed by atoms with Gasteiger partial charge in [0, 0.05) is 17.2 Å². The van der Waals surface area contributed by atoms with Gasteiger partial charge in [-0.1, -0.05) is 23.7 Å². The number of aromatic nitrogens is 2. The fraction of sp³-hybridized carbons (Fsp3) is 0.150. The number of anilines is 4. The molecule has 0 saturated heterocycles. The molecule has 0 bridgehead atoms. The Morgan fingerprint density at radius 3 is 2.32 bits per heavy atom. The van der Waals surface area contributed by atoms with Gasteiger partial charge in [0.05, 0.1) is 24.0 Å². The van der Waals surface area contributed by atoms with Crippen LogP contribution in [0.5, 0.6) is 5.75 Å². The number of ether oxygens (including phenoxy) is 1. The number of hydrogen-bond donors (Lipinski definition) is 3. The Balaban J connectivity index is 1.93. The first-order valence-electron chi connectivity index (χ1n) is 8.43. The molecule has 0 aliphatic carbocycles. The van der Waals surface area contributed by atoms with Crippen molar-refractivity contribution >= 4 is 40.6 Å². The quantitative estimate of drug-likeness (QED) is 0.541. The van der Waals surface area contributed by atoms with Crippen LogP contribution in [0.1, 0.15) is 21.7 Å². The average molecular weight is 399 g/mol. The predicted octanol–water partition coefficient (Wildman–Crippen LogP) is 4.94. The van der Waals surface area contributed by atoms with E-state index in [2.05, 4.69) is 20.6 Å². The molecule has 7 nitrogen and oxygen atoms in total. The van der Waals surface area contributed by atoms with Crippen molar-refractivity contribution in [1.29, 1.82) is 0 Å². The van der Waals surface area contributed by atoms with E-state index < -0.39 is 5.97 Å². The van der Waals surface area contributed by atoms with E-state index in [0.717, 1.165) is 5.56 Å². The number of nitrogens with zero attached hydrogens (tertiary/aromatic N) is 2. The number of para-hydroxylation sites is 1. The van der Waals surface area contributed by atoms with E-state index in [4.69, 9.17) is 16.3 Å². The molecule has 0 fully saturated rings. The number of carboxylic acids is 1. The van der Waals surface area contributed by atoms with Crippen LogP contribution in [0, 0.1) is 13.8 Å². The molecule has 1 heterocycles. The maximum atomic E-state index is 11.4. The second-order valence-corrected chi connectivity index (χ2v) is 6.50. The van der Waals surface area contributed by atoms with Gasteiger partial charge in [-0.2, -0.15) is 0 Å². The number of aryl methyl sites for hydroxylation is 2. The number of carbonyl (C=O) groups is 1. The number of hydrogen-bond acceptors (Lipinski definition) is 6. The Hall–Kier alpha value is -3.32. The lowest BCUT2D eigenvalue weighted by Gasteiger charge is -2.14. The summed E-state index contributed by atoms with van der Waals surface area (Å²) in [6.07, 6.45) is 0. The summed E-state index contributed by atoms with van der Waals surface area (Å²) in [7, 11) is 1.56. The van der Waals surface area contributed by atoms with E-state index in [-0.39, 0.29) is 5.56 Å². The van der Waals surface area contributed by atoms with Gasteiger partial charge in [0.2, 0.25) is 0 Å². The van der Waals surface area contributed by atoms with E-state index in [9.17, 15) is 9.90 Å². The molecule has 3 rings (SSSR count). The topological polar surface area (TPSA) is 96.4 Å². The summed E-state index contributed by atoms with van der Waals surface area (Å²) in [5.41, 5.74) is 2.20. The number of nitrogens with one attached hydrogen (secondary N) is 2. The zero-order chi connectivity index (χ0) is 20.3. The van der Waals surface area contributed by atoms with Crippen LogP contribution in [-0.4, -0.2) is 28.2 Å². The van der Waals surface area contributed by atoms with Gasteiger partial charge in [0.25, 0.3) is 0 Å². The van der Waals surface area contributed by atoms with Crippen molar-refractivity contribution in [3.05, 3.63) is 64.4 Å². The summed E-state index contributed by atoms with van der Waals surface area (Å²) in [5.74, 6) is 1.08. The standard InChI is InChI=1S/C20H19ClN4O3/c1-11-8-16(17(28-3)9-14(11)21)25-19-10-18(22-12(2)23-19)24-15-7-5-4-6-13(15)20(26)27/h4-10H,1-3H3,(H,26,27)(H2,22,23,24,25). The van der Waals surface area contributed by atoms with Crippen molar-refractivity contribution in [1.82, 2.24) is 9.97 Å². The molecule has 0 atom stereocenters. The average Bonchev–Trinajstić information content (AvgIpc) is 2.64. The predicted molar refractivity (Wildman–Crippen MR) is 109 cm³/mol. The van der Waals surface area contributed by atoms with Gasteiger partial charge in [0.15, 0.2) is 0 Å². The minimum atomic E-state index is -1.02. The Labute approximate surface area is 167 Å². The maximum Gasteiger partial charge on any atom is 0.337 e. The number of carboxylic acid groups (broad SMARTS) is 1. The van der Waals surface area contributed by atoms with Crippen LogP contribution < -0.4 is 15.4 Å². The van der Waals surface area contributed by atoms with E-state index in [1.165, 1.54) is 6.07 Å². The van der Waals surface area contributed by atoms with Crippen LogP contribution in [0.4, 0.5) is 23.0 Å². The van der Waals surface area contributed by atoms with E-state index in [1.54, 1.807) is 44.4 Å². The molecule has 8 heteroatoms. The van der Waals surface area contributed by atoms with Crippen molar-refractivity contribution in [3.8, 4) is 5.75 Å². The highest BCUT2D eigenvalue weighted by Crippen LogP contribution is 2.33. The van der Waals surface area contributed by atoms with Crippen molar-refractivity contribution < 1.29 is 14.6 Å². The first-order valence-corrected chi connectivity index (χ1v) is 8.81. The van der Waals surface area contributed by atoms with E-state index in [0.29, 0.717) is 39.6 Å². The molecule has 0 aliphatic heterocycles. The minimum Gasteiger partial charge on any atom is -0.495 e. The normalized spacial score (nSPS) is 10.4. The zero-order valence-electron chi connectivity index (χ0n) is 15.6. The minimum absolute atomic E-state index is 0.156. The van der Waals surface area contributed by atoms with Gasteiger partial charge in [-0.15, -0.1) is 0 Å². The lowest BCUT2D eigenvalue weighted by molar-refractivity contribution is 0.0698. The van der Waals surface area contributed by atoms with Crippen LogP contribution in [0.2, 0.25) is 5.02 Å². The Morgan fingerprint density at radius 2 is 1.68 bits per heavy atom. The Bertz CT molecular complexity index is 1040. The van der Waals surface area contributed by atoms with Gasteiger partial charge < -0.3 is 20.5 Å². The van der Waals surface area contributed by atoms with Crippen molar-refractivity contribution in [2.75, 3.05) is 17.7 Å². The van der Waals surface area contributed by atoms with Gasteiger partial charge in [0.1, 0.15) is 23.2 Å². The molecular weight excluding hydrogens is 380 g/mol. The Morgan fingerprint density at radius 1 is 1.04 bits per heavy atom. The highest BCUT2D eigenvalue weighted by Gasteiger charge is 2.12. The number of methoxy groups -OCH3 is 1. The van der Waals surface area contributed by atoms with Gasteiger partial charge in [-0.25, -0.2) is 14.8 Å². The molecule has 3 aromatic rings. The molecule has 28 heavy (non-hydrogen) atoms. The molecule has 0 unspecified atom stereocenters. The largest absolute Gasteiger partial charge is 0.495 e. The van der Waals surface area contributed by atoms with Crippen LogP contribution in [0.3, 0.4) is 0 Å². The summed E-state index contributed by atoms with van der Waals surface area (Å²) in [5, 5.41) is 16.2. The second kappa shape index (κ2) is 8.14. The SMILES string of the molecule is COc1cc(Cl)c(C)cc1Nc1cc(Nc2ccccc2C(=O)O)nc(C)n1. The highest BCUT2D eigenvalue weighted by atomic mass is 35.5. The number of halogens is 1. The van der Waals surface area contributed by atoms with E-state index in [1.807, 2.05) is 13.0 Å². The molecule has 0 saturated carbocycles. The summed E-state index contributed by atoms with van der Waals surface area (Å²) < 4.78 is 5.38. The van der Waals surface area contributed by atoms with Crippen LogP contribution >= 0.6 is 11.6 Å². The molecule has 3 N–H and O–H groups in total. The molecular formula is C20H19ClN4O3. The maximum absolute atomic E-state index is 11.4. The molecule has 1 aromatic heterocycles. The molecule has 2 aromatic carbocycles. The highest BCUT2D eigenvalue weighted by molar-refractivity contribution is 6.31. The molecule has 0 spiro atoms. The summed E-state index contributed by atoms with van der Waals surface area (Å²) in [6, 6.07) is 11.9. The van der Waals surface area contributed by atoms with Crippen LogP contribution in [0.15, 0.2) is 42.5 Å². The zero-order valence-corrected chi connectivity index (χ0v) is 16.3. The first kappa shape index (κ1) is 19.4. The monoisotopic (exact) mass is 398 g/mol. The van der Waals surface area contributed by atoms with E-state index >= 15 is 0 Å². The van der Waals surface area contributed by atoms with Gasteiger partial charge in [-0.05, 0) is 37.6 Å². The lowest BCUT2D eigenvalue weighted by Crippen LogP contribution is -2.06. The molecule has 0 amide bonds. The summed E-state index contributed by atoms with van der Waals surface area (Å²) >= 11 is 6.16. The number of aromatic carboxylic acids is 1. The molecule has 0 radical (unpaired) electrons. The Kier molecular flexibility index (Phi) is 5.65. The summed E-state index contributed by atoms with van der Waals surface area (Å²) in [4.78, 5) is 20.1. The second-order valence-electron chi connectivity index (χ2n) is 6.09. The fourth-order valence-corrected chi connectivity index (χ4v) is 2.83. The molecule has 0 aliphatic rings. The third kappa shape index (κ3) is 4.32. The van der Waals surface area contributed by atoms with Crippen molar-refractivity contribution in [3.63, 3.8) is 0 Å². The molecule has 144 valence electrons. The van der Waals surface area contributed by atoms with Crippen LogP contribution in [0.25, 0.3) is 0 Å². The van der Waals surface area contributed by atoms with Crippen molar-refractivity contribution in [2.24, 2.45) is 0 Å². The van der Waals surface area contributed by atoms with Gasteiger partial charge >= 0.3 is 5.97 Å². The first-order chi connectivity index (χ1) is 13.4. The van der Waals surface area contributed by atoms with Gasteiger partial charge in [-0.3, -0.25) is 0 Å². The summed E-state index contributed by atoms with van der Waals surface area (Å²) in [6.45, 7) is 3.65. The third-order valence-corrected chi connectivity index (χ3v) is 4.41. The lowest BCUT2D eigenvalue weighted by atomic mass is 10.2. The smallest absolute Gasteiger partial charge is 0.337 e. The van der Waals surface area contributed by atoms with Crippen molar-refractivity contribution in [2.45, 2.75) is 13.8 Å². The fourth-order valence-electron chi connectivity index (χ4n) is 2.68. The third-order valence-electron chi connectivity index (χ3n) is 4.00. The number of benzene rings is 2. The number of rotatable bonds is 6. The van der Waals surface area contributed by atoms with Crippen LogP contribution in [-0.2, 0) is 0 Å².